The highest BCUT2D eigenvalue weighted by Crippen LogP contribution is 2.30. The highest BCUT2D eigenvalue weighted by Gasteiger charge is 2.34. The van der Waals surface area contributed by atoms with E-state index in [0.29, 0.717) is 23.9 Å². The maximum absolute atomic E-state index is 12.1. The molecule has 0 radical (unpaired) electrons. The maximum Gasteiger partial charge on any atom is 0.240 e. The number of hydrazone groups is 2. The molecule has 0 bridgehead atoms. The predicted octanol–water partition coefficient (Wildman–Crippen LogP) is 4.19. The lowest BCUT2D eigenvalue weighted by molar-refractivity contribution is -0.121. The smallest absolute Gasteiger partial charge is 0.240 e. The highest BCUT2D eigenvalue weighted by atomic mass is 35.5. The van der Waals surface area contributed by atoms with Gasteiger partial charge in [-0.15, -0.1) is 5.10 Å². The first-order chi connectivity index (χ1) is 18.3. The van der Waals surface area contributed by atoms with E-state index in [-0.39, 0.29) is 12.5 Å². The third-order valence-corrected chi connectivity index (χ3v) is 6.85. The topological polar surface area (TPSA) is 94.6 Å². The minimum absolute atomic E-state index is 0.0818. The number of halogens is 1. The maximum atomic E-state index is 12.1. The molecule has 2 amide bonds. The normalized spacial score (nSPS) is 16.1. The van der Waals surface area contributed by atoms with Gasteiger partial charge in [0.2, 0.25) is 18.3 Å². The minimum atomic E-state index is -0.688. The van der Waals surface area contributed by atoms with E-state index in [0.717, 1.165) is 28.0 Å². The molecule has 38 heavy (non-hydrogen) atoms. The van der Waals surface area contributed by atoms with Crippen LogP contribution in [0.5, 0.6) is 0 Å². The lowest BCUT2D eigenvalue weighted by Crippen LogP contribution is -2.49. The fraction of sp³-hybridized carbons (Fsp3) is 0.241. The second kappa shape index (κ2) is 11.9. The summed E-state index contributed by atoms with van der Waals surface area (Å²) in [4.78, 5) is 25.9. The van der Waals surface area contributed by atoms with Gasteiger partial charge in [-0.3, -0.25) is 9.59 Å². The highest BCUT2D eigenvalue weighted by molar-refractivity contribution is 6.30. The summed E-state index contributed by atoms with van der Waals surface area (Å²) in [6.07, 6.45) is 0.664. The van der Waals surface area contributed by atoms with Gasteiger partial charge in [0.15, 0.2) is 0 Å². The fourth-order valence-corrected chi connectivity index (χ4v) is 4.34. The number of hydrogen-bond donors (Lipinski definition) is 1. The van der Waals surface area contributed by atoms with E-state index in [1.54, 1.807) is 23.9 Å². The van der Waals surface area contributed by atoms with Gasteiger partial charge >= 0.3 is 0 Å². The van der Waals surface area contributed by atoms with Crippen molar-refractivity contribution in [2.45, 2.75) is 32.4 Å². The lowest BCUT2D eigenvalue weighted by Gasteiger charge is -2.31. The molecule has 9 heteroatoms. The molecule has 0 fully saturated rings. The zero-order chi connectivity index (χ0) is 27.2. The fourth-order valence-electron chi connectivity index (χ4n) is 4.21. The van der Waals surface area contributed by atoms with Gasteiger partial charge in [0.05, 0.1) is 18.8 Å². The Morgan fingerprint density at radius 2 is 1.79 bits per heavy atom. The first kappa shape index (κ1) is 26.9. The van der Waals surface area contributed by atoms with Crippen LogP contribution in [0.1, 0.15) is 35.1 Å². The van der Waals surface area contributed by atoms with E-state index >= 15 is 0 Å². The Balaban J connectivity index is 1.76. The van der Waals surface area contributed by atoms with Crippen LogP contribution in [0.25, 0.3) is 0 Å². The molecule has 1 aliphatic heterocycles. The van der Waals surface area contributed by atoms with Gasteiger partial charge in [0.25, 0.3) is 0 Å². The number of guanidine groups is 1. The van der Waals surface area contributed by atoms with E-state index in [4.69, 9.17) is 22.4 Å². The largest absolute Gasteiger partial charge is 0.368 e. The van der Waals surface area contributed by atoms with Crippen LogP contribution < -0.4 is 5.73 Å². The second-order valence-electron chi connectivity index (χ2n) is 9.32. The minimum Gasteiger partial charge on any atom is -0.368 e. The Morgan fingerprint density at radius 1 is 1.13 bits per heavy atom. The van der Waals surface area contributed by atoms with E-state index < -0.39 is 11.9 Å². The van der Waals surface area contributed by atoms with Crippen LogP contribution in [0, 0.1) is 6.92 Å². The molecule has 4 rings (SSSR count). The molecule has 2 atom stereocenters. The van der Waals surface area contributed by atoms with Crippen molar-refractivity contribution in [2.75, 3.05) is 13.6 Å². The second-order valence-corrected chi connectivity index (χ2v) is 9.75. The molecule has 3 aromatic carbocycles. The molecule has 196 valence electrons. The third kappa shape index (κ3) is 6.20. The van der Waals surface area contributed by atoms with E-state index in [2.05, 4.69) is 17.2 Å². The number of carbonyl (C=O) groups excluding carboxylic acids is 2. The summed E-state index contributed by atoms with van der Waals surface area (Å²) in [5, 5.41) is 13.3. The number of likely N-dealkylation sites (N-methyl/N-ethyl adjacent to an activating group) is 1. The van der Waals surface area contributed by atoms with Crippen LogP contribution in [0.15, 0.2) is 89.1 Å². The average Bonchev–Trinajstić information content (AvgIpc) is 3.37. The molecule has 0 spiro atoms. The quantitative estimate of drug-likeness (QED) is 0.204. The Hall–Kier alpha value is -4.17. The molecule has 1 heterocycles. The Labute approximate surface area is 228 Å². The molecule has 8 nitrogen and oxygen atoms in total. The number of nitrogens with zero attached hydrogens (tertiary/aromatic N) is 5. The van der Waals surface area contributed by atoms with Crippen molar-refractivity contribution in [3.63, 3.8) is 0 Å². The van der Waals surface area contributed by atoms with E-state index in [1.165, 1.54) is 5.01 Å². The van der Waals surface area contributed by atoms with Gasteiger partial charge in [-0.05, 0) is 42.7 Å². The van der Waals surface area contributed by atoms with Crippen molar-refractivity contribution in [2.24, 2.45) is 15.9 Å². The van der Waals surface area contributed by atoms with Crippen molar-refractivity contribution in [1.29, 1.82) is 0 Å². The first-order valence-electron chi connectivity index (χ1n) is 12.3. The molecule has 0 aliphatic carbocycles. The van der Waals surface area contributed by atoms with Crippen molar-refractivity contribution in [1.82, 2.24) is 14.9 Å². The summed E-state index contributed by atoms with van der Waals surface area (Å²) in [5.41, 5.74) is 10.5. The first-order valence-corrected chi connectivity index (χ1v) is 12.7. The van der Waals surface area contributed by atoms with Gasteiger partial charge in [-0.2, -0.15) is 5.10 Å². The Kier molecular flexibility index (Phi) is 8.43. The van der Waals surface area contributed by atoms with Crippen LogP contribution >= 0.6 is 11.6 Å². The molecule has 2 N–H and O–H groups in total. The van der Waals surface area contributed by atoms with Gasteiger partial charge in [-0.25, -0.2) is 10.0 Å². The van der Waals surface area contributed by atoms with Crippen LogP contribution in [0.4, 0.5) is 0 Å². The number of benzene rings is 3. The summed E-state index contributed by atoms with van der Waals surface area (Å²) < 4.78 is 0. The van der Waals surface area contributed by atoms with Crippen LogP contribution in [-0.4, -0.2) is 58.5 Å². The summed E-state index contributed by atoms with van der Waals surface area (Å²) >= 11 is 6.15. The Bertz CT molecular complexity index is 1330. The predicted molar refractivity (Wildman–Crippen MR) is 151 cm³/mol. The number of amides is 2. The molecule has 3 aromatic rings. The average molecular weight is 531 g/mol. The zero-order valence-corrected chi connectivity index (χ0v) is 22.4. The SMILES string of the molecule is Cc1ccc(CN(C=O)/N=C(/N2CC(c3ccccc3)C(c3ccc(Cl)cc3)=N2)N(C)[C@@H](C)C(N)=O)cc1. The van der Waals surface area contributed by atoms with Crippen molar-refractivity contribution in [3.05, 3.63) is 106 Å². The number of primary amides is 1. The summed E-state index contributed by atoms with van der Waals surface area (Å²) in [6.45, 7) is 4.41. The number of nitrogens with two attached hydrogens (primary N) is 1. The van der Waals surface area contributed by atoms with Crippen molar-refractivity contribution in [3.8, 4) is 0 Å². The molecule has 0 saturated carbocycles. The number of carbonyl (C=O) groups is 2. The summed E-state index contributed by atoms with van der Waals surface area (Å²) in [6, 6.07) is 24.8. The molecular formula is C29H31ClN6O2. The lowest BCUT2D eigenvalue weighted by atomic mass is 9.91. The number of aryl methyl sites for hydroxylation is 1. The molecule has 1 unspecified atom stereocenters. The molecule has 0 aromatic heterocycles. The summed E-state index contributed by atoms with van der Waals surface area (Å²) in [7, 11) is 1.72. The van der Waals surface area contributed by atoms with E-state index in [9.17, 15) is 9.59 Å². The van der Waals surface area contributed by atoms with Crippen LogP contribution in [-0.2, 0) is 16.1 Å². The van der Waals surface area contributed by atoms with Crippen LogP contribution in [0.2, 0.25) is 5.02 Å². The van der Waals surface area contributed by atoms with Crippen molar-refractivity contribution < 1.29 is 9.59 Å². The van der Waals surface area contributed by atoms with Gasteiger partial charge in [0.1, 0.15) is 6.04 Å². The third-order valence-electron chi connectivity index (χ3n) is 6.60. The van der Waals surface area contributed by atoms with Gasteiger partial charge in [-0.1, -0.05) is 83.9 Å². The van der Waals surface area contributed by atoms with Gasteiger partial charge in [0, 0.05) is 18.0 Å². The molecule has 1 aliphatic rings. The standard InChI is InChI=1S/C29H31ClN6O2/c1-20-9-11-22(12-10-20)17-35(19-37)33-29(34(3)21(2)28(31)38)36-18-26(23-7-5-4-6-8-23)27(32-36)24-13-15-25(30)16-14-24/h4-16,19,21,26H,17-18H2,1-3H3,(H2,31,38)/b33-29+/t21-,26?/m0/s1. The van der Waals surface area contributed by atoms with E-state index in [1.807, 2.05) is 73.7 Å². The van der Waals surface area contributed by atoms with Gasteiger partial charge < -0.3 is 10.6 Å². The van der Waals surface area contributed by atoms with Crippen molar-refractivity contribution >= 4 is 35.6 Å². The Morgan fingerprint density at radius 3 is 2.39 bits per heavy atom. The zero-order valence-electron chi connectivity index (χ0n) is 21.7. The molecular weight excluding hydrogens is 500 g/mol. The monoisotopic (exact) mass is 530 g/mol. The molecule has 0 saturated heterocycles. The summed E-state index contributed by atoms with van der Waals surface area (Å²) in [5.74, 6) is -0.265. The number of hydrogen-bond acceptors (Lipinski definition) is 4. The number of rotatable bonds is 8. The van der Waals surface area contributed by atoms with Crippen LogP contribution in [0.3, 0.4) is 0 Å².